The van der Waals surface area contributed by atoms with Crippen LogP contribution in [0.1, 0.15) is 46.5 Å². The van der Waals surface area contributed by atoms with E-state index in [9.17, 15) is 19.5 Å². The van der Waals surface area contributed by atoms with Crippen molar-refractivity contribution < 1.29 is 19.5 Å². The summed E-state index contributed by atoms with van der Waals surface area (Å²) in [5, 5.41) is 10.00. The Bertz CT molecular complexity index is 842. The van der Waals surface area contributed by atoms with Crippen molar-refractivity contribution in [3.05, 3.63) is 24.3 Å². The highest BCUT2D eigenvalue weighted by Crippen LogP contribution is 2.61. The van der Waals surface area contributed by atoms with Gasteiger partial charge in [0.2, 0.25) is 17.7 Å². The normalized spacial score (nSPS) is 34.3. The third-order valence-corrected chi connectivity index (χ3v) is 9.36. The van der Waals surface area contributed by atoms with Crippen molar-refractivity contribution in [2.75, 3.05) is 32.8 Å². The molecule has 6 atom stereocenters. The summed E-state index contributed by atoms with van der Waals surface area (Å²) in [6, 6.07) is -1.13. The van der Waals surface area contributed by atoms with Crippen molar-refractivity contribution in [1.29, 1.82) is 0 Å². The third kappa shape index (κ3) is 3.83. The van der Waals surface area contributed by atoms with E-state index >= 15 is 0 Å². The van der Waals surface area contributed by atoms with Crippen LogP contribution in [0.4, 0.5) is 0 Å². The number of amides is 3. The SMILES string of the molecule is CCCCN1CC=C[C@]23S[C@@H]4C=CCN(CCC)C(=O)[C@@H]4[C@H]2C(=O)N([C@@H](CC)CO)C3C1=O. The van der Waals surface area contributed by atoms with Crippen molar-refractivity contribution in [2.45, 2.75) is 68.5 Å². The fourth-order valence-corrected chi connectivity index (χ4v) is 8.00. The average Bonchev–Trinajstić information content (AvgIpc) is 3.13. The molecule has 2 fully saturated rings. The van der Waals surface area contributed by atoms with Gasteiger partial charge in [-0.05, 0) is 19.3 Å². The Labute approximate surface area is 201 Å². The zero-order chi connectivity index (χ0) is 23.8. The second-order valence-corrected chi connectivity index (χ2v) is 11.1. The molecule has 1 unspecified atom stereocenters. The number of hydrogen-bond donors (Lipinski definition) is 1. The molecular formula is C25H37N3O4S. The highest BCUT2D eigenvalue weighted by atomic mass is 32.2. The average molecular weight is 476 g/mol. The predicted molar refractivity (Wildman–Crippen MR) is 130 cm³/mol. The quantitative estimate of drug-likeness (QED) is 0.544. The molecule has 2 saturated heterocycles. The van der Waals surface area contributed by atoms with E-state index in [2.05, 4.69) is 19.1 Å². The van der Waals surface area contributed by atoms with Crippen LogP contribution in [-0.4, -0.2) is 92.4 Å². The van der Waals surface area contributed by atoms with Crippen LogP contribution >= 0.6 is 11.8 Å². The van der Waals surface area contributed by atoms with Gasteiger partial charge in [0.25, 0.3) is 0 Å². The van der Waals surface area contributed by atoms with Crippen LogP contribution < -0.4 is 0 Å². The van der Waals surface area contributed by atoms with Crippen LogP contribution in [0.15, 0.2) is 24.3 Å². The molecule has 4 aliphatic rings. The molecule has 1 N–H and O–H groups in total. The molecule has 3 amide bonds. The topological polar surface area (TPSA) is 81.2 Å². The lowest BCUT2D eigenvalue weighted by Gasteiger charge is -2.38. The van der Waals surface area contributed by atoms with E-state index in [-0.39, 0.29) is 29.6 Å². The molecular weight excluding hydrogens is 438 g/mol. The third-order valence-electron chi connectivity index (χ3n) is 7.61. The summed E-state index contributed by atoms with van der Waals surface area (Å²) in [6.45, 7) is 8.27. The Kier molecular flexibility index (Phi) is 7.24. The van der Waals surface area contributed by atoms with Crippen LogP contribution in [0.25, 0.3) is 0 Å². The lowest BCUT2D eigenvalue weighted by molar-refractivity contribution is -0.146. The van der Waals surface area contributed by atoms with Gasteiger partial charge in [0.05, 0.1) is 29.2 Å². The number of nitrogens with zero attached hydrogens (tertiary/aromatic N) is 3. The number of aliphatic hydroxyl groups excluding tert-OH is 1. The number of carbonyl (C=O) groups is 3. The molecule has 0 bridgehead atoms. The number of fused-ring (bicyclic) bond motifs is 2. The van der Waals surface area contributed by atoms with E-state index in [1.807, 2.05) is 35.8 Å². The minimum absolute atomic E-state index is 0.0140. The summed E-state index contributed by atoms with van der Waals surface area (Å²) in [7, 11) is 0. The largest absolute Gasteiger partial charge is 0.394 e. The van der Waals surface area contributed by atoms with E-state index in [1.54, 1.807) is 16.7 Å². The minimum atomic E-state index is -0.789. The molecule has 7 nitrogen and oxygen atoms in total. The molecule has 4 rings (SSSR count). The second-order valence-electron chi connectivity index (χ2n) is 9.58. The summed E-state index contributed by atoms with van der Waals surface area (Å²) < 4.78 is -0.789. The monoisotopic (exact) mass is 475 g/mol. The number of likely N-dealkylation sites (tertiary alicyclic amines) is 1. The van der Waals surface area contributed by atoms with Gasteiger partial charge in [-0.1, -0.05) is 51.5 Å². The summed E-state index contributed by atoms with van der Waals surface area (Å²) in [5.74, 6) is -1.28. The zero-order valence-electron chi connectivity index (χ0n) is 20.0. The first-order valence-corrected chi connectivity index (χ1v) is 13.4. The van der Waals surface area contributed by atoms with Crippen LogP contribution in [0.5, 0.6) is 0 Å². The summed E-state index contributed by atoms with van der Waals surface area (Å²) in [6.07, 6.45) is 11.5. The Morgan fingerprint density at radius 1 is 1.03 bits per heavy atom. The fraction of sp³-hybridized carbons (Fsp3) is 0.720. The molecule has 0 radical (unpaired) electrons. The van der Waals surface area contributed by atoms with E-state index in [4.69, 9.17) is 0 Å². The first-order valence-electron chi connectivity index (χ1n) is 12.5. The van der Waals surface area contributed by atoms with Gasteiger partial charge < -0.3 is 19.8 Å². The van der Waals surface area contributed by atoms with Crippen LogP contribution in [0, 0.1) is 11.8 Å². The molecule has 0 aliphatic carbocycles. The van der Waals surface area contributed by atoms with Gasteiger partial charge in [0, 0.05) is 31.4 Å². The second kappa shape index (κ2) is 9.82. The maximum atomic E-state index is 14.1. The highest BCUT2D eigenvalue weighted by molar-refractivity contribution is 8.02. The van der Waals surface area contributed by atoms with Crippen molar-refractivity contribution in [3.63, 3.8) is 0 Å². The number of hydrogen-bond acceptors (Lipinski definition) is 5. The van der Waals surface area contributed by atoms with Gasteiger partial charge in [-0.2, -0.15) is 0 Å². The maximum absolute atomic E-state index is 14.1. The molecule has 1 spiro atoms. The molecule has 0 aromatic carbocycles. The number of thioether (sulfide) groups is 1. The van der Waals surface area contributed by atoms with Gasteiger partial charge in [-0.3, -0.25) is 14.4 Å². The lowest BCUT2D eigenvalue weighted by atomic mass is 9.78. The Morgan fingerprint density at radius 3 is 2.42 bits per heavy atom. The van der Waals surface area contributed by atoms with Gasteiger partial charge in [-0.15, -0.1) is 11.8 Å². The number of carbonyl (C=O) groups excluding carboxylic acids is 3. The van der Waals surface area contributed by atoms with E-state index in [1.165, 1.54) is 0 Å². The summed E-state index contributed by atoms with van der Waals surface area (Å²) >= 11 is 1.61. The van der Waals surface area contributed by atoms with Crippen LogP contribution in [0.3, 0.4) is 0 Å². The predicted octanol–water partition coefficient (Wildman–Crippen LogP) is 2.06. The number of rotatable bonds is 8. The molecule has 4 heterocycles. The highest BCUT2D eigenvalue weighted by Gasteiger charge is 2.71. The fourth-order valence-electron chi connectivity index (χ4n) is 6.00. The van der Waals surface area contributed by atoms with Gasteiger partial charge >= 0.3 is 0 Å². The van der Waals surface area contributed by atoms with Crippen molar-refractivity contribution in [1.82, 2.24) is 14.7 Å². The van der Waals surface area contributed by atoms with E-state index in [0.717, 1.165) is 19.3 Å². The minimum Gasteiger partial charge on any atom is -0.394 e. The van der Waals surface area contributed by atoms with Crippen molar-refractivity contribution >= 4 is 29.5 Å². The first-order chi connectivity index (χ1) is 15.9. The van der Waals surface area contributed by atoms with Crippen LogP contribution in [-0.2, 0) is 14.4 Å². The molecule has 33 heavy (non-hydrogen) atoms. The molecule has 182 valence electrons. The Morgan fingerprint density at radius 2 is 1.76 bits per heavy atom. The van der Waals surface area contributed by atoms with Crippen molar-refractivity contribution in [3.8, 4) is 0 Å². The first kappa shape index (κ1) is 24.3. The summed E-state index contributed by atoms with van der Waals surface area (Å²) in [5.41, 5.74) is 0. The van der Waals surface area contributed by atoms with Gasteiger partial charge in [0.1, 0.15) is 6.04 Å². The maximum Gasteiger partial charge on any atom is 0.247 e. The van der Waals surface area contributed by atoms with E-state index in [0.29, 0.717) is 32.6 Å². The van der Waals surface area contributed by atoms with Crippen LogP contribution in [0.2, 0.25) is 0 Å². The lowest BCUT2D eigenvalue weighted by Crippen LogP contribution is -2.56. The smallest absolute Gasteiger partial charge is 0.247 e. The molecule has 0 saturated carbocycles. The summed E-state index contributed by atoms with van der Waals surface area (Å²) in [4.78, 5) is 47.1. The molecule has 8 heteroatoms. The number of unbranched alkanes of at least 4 members (excludes halogenated alkanes) is 1. The molecule has 0 aromatic rings. The molecule has 4 aliphatic heterocycles. The Balaban J connectivity index is 1.81. The van der Waals surface area contributed by atoms with Gasteiger partial charge in [0.15, 0.2) is 0 Å². The van der Waals surface area contributed by atoms with Gasteiger partial charge in [-0.25, -0.2) is 0 Å². The Hall–Kier alpha value is -1.80. The van der Waals surface area contributed by atoms with E-state index < -0.39 is 28.7 Å². The standard InChI is InChI=1S/C25H37N3O4S/c1-4-7-13-27-15-9-11-25-20(23(31)28(17(6-3)16-29)21(25)24(27)32)19-18(33-25)10-8-14-26(12-5-2)22(19)30/h8-11,17-21,29H,4-7,12-16H2,1-3H3/t17-,18+,19-,20-,21?,25-/m0/s1. The zero-order valence-corrected chi connectivity index (χ0v) is 20.8. The number of aliphatic hydroxyl groups is 1. The molecule has 0 aromatic heterocycles. The van der Waals surface area contributed by atoms with Crippen molar-refractivity contribution in [2.24, 2.45) is 11.8 Å².